The van der Waals surface area contributed by atoms with Crippen LogP contribution in [0.5, 0.6) is 0 Å². The highest BCUT2D eigenvalue weighted by atomic mass is 35.5. The molecule has 3 N–H and O–H groups in total. The van der Waals surface area contributed by atoms with Crippen LogP contribution in [0.4, 0.5) is 5.82 Å². The van der Waals surface area contributed by atoms with E-state index in [0.29, 0.717) is 12.2 Å². The van der Waals surface area contributed by atoms with Crippen LogP contribution in [0.15, 0.2) is 4.63 Å². The van der Waals surface area contributed by atoms with E-state index in [2.05, 4.69) is 30.2 Å². The van der Waals surface area contributed by atoms with Gasteiger partial charge >= 0.3 is 5.97 Å². The molecule has 0 bridgehead atoms. The number of halogens is 1. The van der Waals surface area contributed by atoms with Crippen molar-refractivity contribution in [3.8, 4) is 5.82 Å². The zero-order valence-corrected chi connectivity index (χ0v) is 12.5. The smallest absolute Gasteiger partial charge is 0.358 e. The minimum absolute atomic E-state index is 0. The molecule has 120 valence electrons. The summed E-state index contributed by atoms with van der Waals surface area (Å²) in [5.41, 5.74) is 5.96. The number of anilines is 1. The molecule has 22 heavy (non-hydrogen) atoms. The van der Waals surface area contributed by atoms with Gasteiger partial charge in [-0.3, -0.25) is 4.90 Å². The molecule has 0 aromatic carbocycles. The molecule has 1 saturated heterocycles. The standard InChI is InChI=1S/C11H15N7O3.ClH/c12-9-10(15-21-14-9)18-7(8(11(19)20)13-16-18)6-17-4-2-1-3-5-17;/h1-6H2,(H2,12,14)(H,19,20);1H. The van der Waals surface area contributed by atoms with Crippen LogP contribution in [0.25, 0.3) is 5.82 Å². The van der Waals surface area contributed by atoms with Gasteiger partial charge in [0.15, 0.2) is 5.69 Å². The number of hydrogen-bond donors (Lipinski definition) is 2. The van der Waals surface area contributed by atoms with Crippen LogP contribution in [-0.4, -0.2) is 54.4 Å². The van der Waals surface area contributed by atoms with Crippen LogP contribution in [0.1, 0.15) is 35.4 Å². The van der Waals surface area contributed by atoms with Gasteiger partial charge in [-0.15, -0.1) is 17.5 Å². The number of nitrogens with two attached hydrogens (primary N) is 1. The monoisotopic (exact) mass is 329 g/mol. The van der Waals surface area contributed by atoms with E-state index in [0.717, 1.165) is 25.9 Å². The number of nitrogens with zero attached hydrogens (tertiary/aromatic N) is 6. The number of aromatic carboxylic acids is 1. The Morgan fingerprint density at radius 1 is 1.27 bits per heavy atom. The van der Waals surface area contributed by atoms with Crippen molar-refractivity contribution < 1.29 is 14.5 Å². The van der Waals surface area contributed by atoms with Crippen molar-refractivity contribution in [1.29, 1.82) is 0 Å². The van der Waals surface area contributed by atoms with Crippen LogP contribution in [-0.2, 0) is 6.54 Å². The average molecular weight is 330 g/mol. The average Bonchev–Trinajstić information content (AvgIpc) is 3.06. The maximum absolute atomic E-state index is 11.3. The van der Waals surface area contributed by atoms with E-state index in [1.54, 1.807) is 0 Å². The van der Waals surface area contributed by atoms with Gasteiger partial charge in [-0.05, 0) is 36.2 Å². The molecule has 10 nitrogen and oxygen atoms in total. The number of aromatic nitrogens is 5. The van der Waals surface area contributed by atoms with E-state index in [9.17, 15) is 9.90 Å². The molecule has 11 heteroatoms. The highest BCUT2D eigenvalue weighted by Gasteiger charge is 2.25. The van der Waals surface area contributed by atoms with Crippen LogP contribution in [0, 0.1) is 0 Å². The minimum atomic E-state index is -1.14. The second-order valence-electron chi connectivity index (χ2n) is 4.91. The third-order valence-corrected chi connectivity index (χ3v) is 3.48. The fourth-order valence-corrected chi connectivity index (χ4v) is 2.45. The fourth-order valence-electron chi connectivity index (χ4n) is 2.45. The van der Waals surface area contributed by atoms with Crippen LogP contribution >= 0.6 is 12.4 Å². The number of hydrogen-bond acceptors (Lipinski definition) is 8. The Morgan fingerprint density at radius 3 is 2.59 bits per heavy atom. The maximum Gasteiger partial charge on any atom is 0.358 e. The van der Waals surface area contributed by atoms with Gasteiger partial charge in [0, 0.05) is 6.54 Å². The summed E-state index contributed by atoms with van der Waals surface area (Å²) in [6, 6.07) is 0. The summed E-state index contributed by atoms with van der Waals surface area (Å²) in [4.78, 5) is 13.5. The summed E-state index contributed by atoms with van der Waals surface area (Å²) in [6.45, 7) is 2.24. The molecule has 3 heterocycles. The quantitative estimate of drug-likeness (QED) is 0.813. The van der Waals surface area contributed by atoms with Gasteiger partial charge in [-0.25, -0.2) is 9.42 Å². The van der Waals surface area contributed by atoms with E-state index >= 15 is 0 Å². The van der Waals surface area contributed by atoms with E-state index in [1.165, 1.54) is 11.1 Å². The van der Waals surface area contributed by atoms with Gasteiger partial charge in [-0.2, -0.15) is 4.68 Å². The van der Waals surface area contributed by atoms with E-state index in [1.807, 2.05) is 0 Å². The highest BCUT2D eigenvalue weighted by molar-refractivity contribution is 5.86. The summed E-state index contributed by atoms with van der Waals surface area (Å²) in [5.74, 6) is -0.943. The Balaban J connectivity index is 0.00000176. The molecule has 1 aliphatic heterocycles. The number of likely N-dealkylation sites (tertiary alicyclic amines) is 1. The lowest BCUT2D eigenvalue weighted by atomic mass is 10.1. The molecule has 0 atom stereocenters. The zero-order chi connectivity index (χ0) is 14.8. The number of rotatable bonds is 4. The van der Waals surface area contributed by atoms with Crippen molar-refractivity contribution >= 4 is 24.2 Å². The summed E-state index contributed by atoms with van der Waals surface area (Å²) in [5, 5.41) is 23.9. The largest absolute Gasteiger partial charge is 0.476 e. The van der Waals surface area contributed by atoms with E-state index < -0.39 is 5.97 Å². The normalized spacial score (nSPS) is 15.5. The molecule has 0 amide bonds. The lowest BCUT2D eigenvalue weighted by Gasteiger charge is -2.26. The van der Waals surface area contributed by atoms with Crippen LogP contribution < -0.4 is 5.73 Å². The molecule has 0 aliphatic carbocycles. The van der Waals surface area contributed by atoms with Crippen molar-refractivity contribution in [3.05, 3.63) is 11.4 Å². The Labute approximate surface area is 131 Å². The van der Waals surface area contributed by atoms with Gasteiger partial charge in [0.05, 0.1) is 5.69 Å². The predicted octanol–water partition coefficient (Wildman–Crippen LogP) is 0.338. The number of carboxylic acid groups (broad SMARTS) is 1. The Bertz CT molecular complexity index is 650. The second kappa shape index (κ2) is 6.71. The van der Waals surface area contributed by atoms with Crippen molar-refractivity contribution in [2.45, 2.75) is 25.8 Å². The molecule has 2 aromatic heterocycles. The van der Waals surface area contributed by atoms with Gasteiger partial charge in [0.1, 0.15) is 0 Å². The Kier molecular flexibility index (Phi) is 4.93. The second-order valence-corrected chi connectivity index (χ2v) is 4.91. The molecule has 3 rings (SSSR count). The number of nitrogen functional groups attached to an aromatic ring is 1. The fraction of sp³-hybridized carbons (Fsp3) is 0.545. The summed E-state index contributed by atoms with van der Waals surface area (Å²) < 4.78 is 5.82. The molecule has 0 unspecified atom stereocenters. The first kappa shape index (κ1) is 16.2. The molecule has 0 radical (unpaired) electrons. The first-order valence-electron chi connectivity index (χ1n) is 6.65. The summed E-state index contributed by atoms with van der Waals surface area (Å²) in [7, 11) is 0. The molecular weight excluding hydrogens is 314 g/mol. The topological polar surface area (TPSA) is 136 Å². The van der Waals surface area contributed by atoms with Crippen LogP contribution in [0.3, 0.4) is 0 Å². The van der Waals surface area contributed by atoms with Crippen LogP contribution in [0.2, 0.25) is 0 Å². The van der Waals surface area contributed by atoms with Gasteiger partial charge in [-0.1, -0.05) is 11.6 Å². The molecular formula is C11H16ClN7O3. The van der Waals surface area contributed by atoms with Crippen molar-refractivity contribution in [1.82, 2.24) is 30.2 Å². The van der Waals surface area contributed by atoms with Crippen molar-refractivity contribution in [2.24, 2.45) is 0 Å². The lowest BCUT2D eigenvalue weighted by Crippen LogP contribution is -2.30. The van der Waals surface area contributed by atoms with Gasteiger partial charge in [0.25, 0.3) is 0 Å². The lowest BCUT2D eigenvalue weighted by molar-refractivity contribution is 0.0687. The van der Waals surface area contributed by atoms with Crippen molar-refractivity contribution in [2.75, 3.05) is 18.8 Å². The molecule has 2 aromatic rings. The SMILES string of the molecule is Cl.Nc1nonc1-n1nnc(C(=O)O)c1CN1CCCCC1. The van der Waals surface area contributed by atoms with Gasteiger partial charge in [0.2, 0.25) is 11.6 Å². The third kappa shape index (κ3) is 3.02. The molecule has 1 fully saturated rings. The molecule has 0 saturated carbocycles. The molecule has 1 aliphatic rings. The third-order valence-electron chi connectivity index (χ3n) is 3.48. The van der Waals surface area contributed by atoms with E-state index in [4.69, 9.17) is 5.73 Å². The maximum atomic E-state index is 11.3. The first-order chi connectivity index (χ1) is 10.2. The summed E-state index contributed by atoms with van der Waals surface area (Å²) in [6.07, 6.45) is 3.38. The van der Waals surface area contributed by atoms with E-state index in [-0.39, 0.29) is 29.7 Å². The minimum Gasteiger partial charge on any atom is -0.476 e. The molecule has 0 spiro atoms. The Hall–Kier alpha value is -2.20. The zero-order valence-electron chi connectivity index (χ0n) is 11.7. The van der Waals surface area contributed by atoms with Gasteiger partial charge < -0.3 is 10.8 Å². The number of piperidine rings is 1. The number of carboxylic acids is 1. The predicted molar refractivity (Wildman–Crippen MR) is 77.0 cm³/mol. The van der Waals surface area contributed by atoms with Crippen molar-refractivity contribution in [3.63, 3.8) is 0 Å². The summed E-state index contributed by atoms with van der Waals surface area (Å²) >= 11 is 0. The first-order valence-corrected chi connectivity index (χ1v) is 6.65. The highest BCUT2D eigenvalue weighted by Crippen LogP contribution is 2.19. The number of carbonyl (C=O) groups is 1. The Morgan fingerprint density at radius 2 is 2.00 bits per heavy atom.